The van der Waals surface area contributed by atoms with E-state index in [1.807, 2.05) is 6.92 Å². The van der Waals surface area contributed by atoms with Crippen molar-refractivity contribution in [3.8, 4) is 23.0 Å². The van der Waals surface area contributed by atoms with Gasteiger partial charge in [0.05, 0.1) is 21.9 Å². The fourth-order valence-electron chi connectivity index (χ4n) is 7.75. The summed E-state index contributed by atoms with van der Waals surface area (Å²) in [5.41, 5.74) is 0.274. The molecule has 1 N–H and O–H groups in total. The van der Waals surface area contributed by atoms with E-state index in [4.69, 9.17) is 21.7 Å². The summed E-state index contributed by atoms with van der Waals surface area (Å²) in [5, 5.41) is 20.1. The molecule has 1 saturated carbocycles. The maximum atomic E-state index is 15.4. The molecule has 0 saturated heterocycles. The van der Waals surface area contributed by atoms with Crippen molar-refractivity contribution in [2.45, 2.75) is 89.2 Å². The van der Waals surface area contributed by atoms with Gasteiger partial charge in [0, 0.05) is 53.4 Å². The molecule has 1 fully saturated rings. The summed E-state index contributed by atoms with van der Waals surface area (Å²) in [6.45, 7) is 4.27. The van der Waals surface area contributed by atoms with Gasteiger partial charge in [-0.25, -0.2) is 22.5 Å². The SMILES string of the molecule is CCCc1nn(C)c2c(-c3ccc(C#CC(C)(C)O)nc3[C@@H](CC(=O)Cn3nc(C(F)F)c4c3C(F)(F)[C@@H]3C[C@H]43)Cc3cc(F)cc(F)c3)ccc(Cl)c12. The van der Waals surface area contributed by atoms with Crippen LogP contribution in [0.25, 0.3) is 22.0 Å². The molecular formula is C40H36ClF6N5O2. The lowest BCUT2D eigenvalue weighted by Gasteiger charge is -2.22. The molecule has 7 rings (SSSR count). The molecule has 5 aromatic rings. The molecule has 282 valence electrons. The highest BCUT2D eigenvalue weighted by Crippen LogP contribution is 2.68. The van der Waals surface area contributed by atoms with Gasteiger partial charge in [0.25, 0.3) is 12.3 Å². The summed E-state index contributed by atoms with van der Waals surface area (Å²) < 4.78 is 90.3. The first kappa shape index (κ1) is 37.6. The molecule has 7 nitrogen and oxygen atoms in total. The van der Waals surface area contributed by atoms with Crippen LogP contribution in [0, 0.1) is 29.4 Å². The number of alkyl halides is 4. The Morgan fingerprint density at radius 2 is 1.78 bits per heavy atom. The number of Topliss-reactive ketones (excluding diaryl/α,β-unsaturated/α-hetero) is 1. The number of halogens is 7. The van der Waals surface area contributed by atoms with Crippen molar-refractivity contribution < 1.29 is 36.2 Å². The lowest BCUT2D eigenvalue weighted by atomic mass is 9.86. The van der Waals surface area contributed by atoms with E-state index >= 15 is 8.78 Å². The van der Waals surface area contributed by atoms with E-state index in [-0.39, 0.29) is 35.4 Å². The number of nitrogens with zero attached hydrogens (tertiary/aromatic N) is 5. The molecule has 0 amide bonds. The smallest absolute Gasteiger partial charge is 0.293 e. The Kier molecular flexibility index (Phi) is 9.67. The number of aromatic nitrogens is 5. The molecule has 3 aromatic heterocycles. The number of aliphatic hydroxyl groups is 1. The quantitative estimate of drug-likeness (QED) is 0.107. The van der Waals surface area contributed by atoms with Crippen LogP contribution in [-0.4, -0.2) is 41.0 Å². The molecule has 0 spiro atoms. The van der Waals surface area contributed by atoms with Crippen LogP contribution in [0.5, 0.6) is 0 Å². The van der Waals surface area contributed by atoms with E-state index in [2.05, 4.69) is 16.9 Å². The number of rotatable bonds is 11. The highest BCUT2D eigenvalue weighted by Gasteiger charge is 2.67. The van der Waals surface area contributed by atoms with E-state index in [9.17, 15) is 27.5 Å². The largest absolute Gasteiger partial charge is 0.378 e. The summed E-state index contributed by atoms with van der Waals surface area (Å²) in [6.07, 6.45) is -2.13. The molecule has 3 atom stereocenters. The Balaban J connectivity index is 1.37. The van der Waals surface area contributed by atoms with Gasteiger partial charge in [-0.2, -0.15) is 19.0 Å². The third-order valence-corrected chi connectivity index (χ3v) is 10.3. The van der Waals surface area contributed by atoms with Gasteiger partial charge in [-0.3, -0.25) is 14.2 Å². The van der Waals surface area contributed by atoms with Gasteiger partial charge in [0.2, 0.25) is 0 Å². The topological polar surface area (TPSA) is 85.8 Å². The minimum Gasteiger partial charge on any atom is -0.378 e. The first-order valence-corrected chi connectivity index (χ1v) is 18.0. The maximum Gasteiger partial charge on any atom is 0.293 e. The van der Waals surface area contributed by atoms with Crippen LogP contribution in [0.4, 0.5) is 26.3 Å². The predicted molar refractivity (Wildman–Crippen MR) is 190 cm³/mol. The van der Waals surface area contributed by atoms with Crippen LogP contribution in [0.1, 0.15) is 97.9 Å². The molecule has 0 aliphatic heterocycles. The van der Waals surface area contributed by atoms with Gasteiger partial charge in [-0.1, -0.05) is 36.9 Å². The third-order valence-electron chi connectivity index (χ3n) is 9.97. The van der Waals surface area contributed by atoms with Crippen LogP contribution in [0.15, 0.2) is 42.5 Å². The van der Waals surface area contributed by atoms with Crippen molar-refractivity contribution >= 4 is 28.3 Å². The Morgan fingerprint density at radius 1 is 1.07 bits per heavy atom. The molecular weight excluding hydrogens is 732 g/mol. The normalized spacial score (nSPS) is 17.7. The summed E-state index contributed by atoms with van der Waals surface area (Å²) in [4.78, 5) is 18.9. The van der Waals surface area contributed by atoms with Gasteiger partial charge < -0.3 is 5.11 Å². The molecule has 2 aliphatic carbocycles. The second kappa shape index (κ2) is 13.9. The molecule has 0 unspecified atom stereocenters. The number of carbonyl (C=O) groups is 1. The Labute approximate surface area is 312 Å². The fourth-order valence-corrected chi connectivity index (χ4v) is 8.01. The molecule has 54 heavy (non-hydrogen) atoms. The van der Waals surface area contributed by atoms with Crippen LogP contribution < -0.4 is 0 Å². The monoisotopic (exact) mass is 767 g/mol. The van der Waals surface area contributed by atoms with Gasteiger partial charge in [-0.15, -0.1) is 0 Å². The number of carbonyl (C=O) groups excluding carboxylic acids is 1. The molecule has 14 heteroatoms. The highest BCUT2D eigenvalue weighted by atomic mass is 35.5. The van der Waals surface area contributed by atoms with Crippen LogP contribution in [-0.2, 0) is 37.2 Å². The second-order valence-corrected chi connectivity index (χ2v) is 15.1. The number of fused-ring (bicyclic) bond motifs is 4. The first-order valence-electron chi connectivity index (χ1n) is 17.6. The van der Waals surface area contributed by atoms with E-state index < -0.39 is 77.5 Å². The van der Waals surface area contributed by atoms with Crippen molar-refractivity contribution in [2.75, 3.05) is 0 Å². The zero-order valence-corrected chi connectivity index (χ0v) is 30.6. The fraction of sp³-hybridized carbons (Fsp3) is 0.400. The van der Waals surface area contributed by atoms with Gasteiger partial charge in [-0.05, 0) is 80.8 Å². The van der Waals surface area contributed by atoms with Crippen molar-refractivity contribution in [1.82, 2.24) is 24.5 Å². The molecule has 0 radical (unpaired) electrons. The van der Waals surface area contributed by atoms with Crippen molar-refractivity contribution in [1.29, 1.82) is 0 Å². The molecule has 2 aliphatic rings. The first-order chi connectivity index (χ1) is 25.5. The molecule has 0 bridgehead atoms. The van der Waals surface area contributed by atoms with Gasteiger partial charge in [0.1, 0.15) is 40.9 Å². The van der Waals surface area contributed by atoms with Crippen molar-refractivity contribution in [3.05, 3.63) is 98.7 Å². The summed E-state index contributed by atoms with van der Waals surface area (Å²) in [7, 11) is 1.77. The predicted octanol–water partition coefficient (Wildman–Crippen LogP) is 8.97. The van der Waals surface area contributed by atoms with E-state index in [1.54, 1.807) is 36.0 Å². The maximum absolute atomic E-state index is 15.4. The second-order valence-electron chi connectivity index (χ2n) is 14.7. The summed E-state index contributed by atoms with van der Waals surface area (Å²) in [5.74, 6) is -3.00. The average Bonchev–Trinajstić information content (AvgIpc) is 3.62. The van der Waals surface area contributed by atoms with Crippen molar-refractivity contribution in [3.63, 3.8) is 0 Å². The number of aryl methyl sites for hydroxylation is 2. The highest BCUT2D eigenvalue weighted by molar-refractivity contribution is 6.36. The van der Waals surface area contributed by atoms with Crippen LogP contribution >= 0.6 is 11.6 Å². The average molecular weight is 768 g/mol. The van der Waals surface area contributed by atoms with E-state index in [1.165, 1.54) is 13.8 Å². The minimum atomic E-state index is -3.43. The van der Waals surface area contributed by atoms with Gasteiger partial charge >= 0.3 is 0 Å². The van der Waals surface area contributed by atoms with Crippen LogP contribution in [0.3, 0.4) is 0 Å². The number of ketones is 1. The summed E-state index contributed by atoms with van der Waals surface area (Å²) in [6, 6.07) is 9.82. The Morgan fingerprint density at radius 3 is 2.44 bits per heavy atom. The lowest BCUT2D eigenvalue weighted by molar-refractivity contribution is -0.120. The minimum absolute atomic E-state index is 0.0708. The number of pyridine rings is 1. The lowest BCUT2D eigenvalue weighted by Crippen LogP contribution is -2.24. The zero-order valence-electron chi connectivity index (χ0n) is 29.8. The van der Waals surface area contributed by atoms with E-state index in [0.717, 1.165) is 29.6 Å². The Bertz CT molecular complexity index is 2350. The van der Waals surface area contributed by atoms with E-state index in [0.29, 0.717) is 38.8 Å². The summed E-state index contributed by atoms with van der Waals surface area (Å²) >= 11 is 6.72. The number of benzene rings is 2. The van der Waals surface area contributed by atoms with Crippen molar-refractivity contribution in [2.24, 2.45) is 13.0 Å². The van der Waals surface area contributed by atoms with Gasteiger partial charge in [0.15, 0.2) is 5.78 Å². The molecule has 2 aromatic carbocycles. The Hall–Kier alpha value is -4.67. The zero-order chi connectivity index (χ0) is 38.9. The molecule has 3 heterocycles. The number of hydrogen-bond donors (Lipinski definition) is 1. The standard InChI is InChI=1S/C40H36ClF6N5O2/c1-5-6-31-33-30(41)10-9-27(36(33)51(4)49-31)26-8-7-24(11-12-39(2,3)54)48-34(26)21(13-20-14-22(42)17-23(43)15-20)16-25(53)19-52-37-32(35(50-52)38(44)45)28-18-29(28)40(37,46)47/h7-10,14-15,17,21,28-29,38,54H,5-6,13,16,18-19H2,1-4H3/t21-,28+,29-/m1/s1. The third kappa shape index (κ3) is 7.02. The van der Waals surface area contributed by atoms with Crippen LogP contribution in [0.2, 0.25) is 5.02 Å². The number of hydrogen-bond acceptors (Lipinski definition) is 5.